The van der Waals surface area contributed by atoms with E-state index in [4.69, 9.17) is 23.2 Å². The van der Waals surface area contributed by atoms with Gasteiger partial charge in [0, 0.05) is 5.69 Å². The van der Waals surface area contributed by atoms with Gasteiger partial charge in [-0.2, -0.15) is 0 Å². The third-order valence-corrected chi connectivity index (χ3v) is 5.01. The van der Waals surface area contributed by atoms with E-state index in [-0.39, 0.29) is 13.2 Å². The minimum absolute atomic E-state index is 0.0820. The lowest BCUT2D eigenvalue weighted by molar-refractivity contribution is 0.275. The van der Waals surface area contributed by atoms with E-state index >= 15 is 0 Å². The highest BCUT2D eigenvalue weighted by molar-refractivity contribution is 6.42. The molecule has 0 unspecified atom stereocenters. The Bertz CT molecular complexity index is 921. The molecular formula is C19H20Cl2N4O2. The molecule has 1 heterocycles. The molecule has 0 aliphatic heterocycles. The van der Waals surface area contributed by atoms with Gasteiger partial charge in [-0.1, -0.05) is 40.5 Å². The van der Waals surface area contributed by atoms with Gasteiger partial charge in [-0.05, 0) is 47.9 Å². The van der Waals surface area contributed by atoms with E-state index in [0.717, 1.165) is 33.8 Å². The highest BCUT2D eigenvalue weighted by Gasteiger charge is 2.10. The molecule has 3 N–H and O–H groups in total. The summed E-state index contributed by atoms with van der Waals surface area (Å²) in [6, 6.07) is 10.9. The zero-order valence-corrected chi connectivity index (χ0v) is 16.3. The van der Waals surface area contributed by atoms with Crippen LogP contribution in [0.2, 0.25) is 10.0 Å². The highest BCUT2D eigenvalue weighted by Crippen LogP contribution is 2.23. The summed E-state index contributed by atoms with van der Waals surface area (Å²) in [5, 5.41) is 31.4. The largest absolute Gasteiger partial charge is 0.392 e. The summed E-state index contributed by atoms with van der Waals surface area (Å²) in [4.78, 5) is 0. The van der Waals surface area contributed by atoms with E-state index < -0.39 is 0 Å². The van der Waals surface area contributed by atoms with Crippen molar-refractivity contribution in [3.8, 4) is 0 Å². The lowest BCUT2D eigenvalue weighted by atomic mass is 10.1. The van der Waals surface area contributed by atoms with Crippen molar-refractivity contribution in [2.24, 2.45) is 0 Å². The first-order valence-corrected chi connectivity index (χ1v) is 9.17. The Morgan fingerprint density at radius 1 is 0.963 bits per heavy atom. The fraction of sp³-hybridized carbons (Fsp3) is 0.263. The number of hydrogen-bond acceptors (Lipinski definition) is 5. The van der Waals surface area contributed by atoms with Crippen LogP contribution in [0.25, 0.3) is 0 Å². The Balaban J connectivity index is 1.71. The average Bonchev–Trinajstić information content (AvgIpc) is 3.02. The Kier molecular flexibility index (Phi) is 6.34. The molecular weight excluding hydrogens is 387 g/mol. The van der Waals surface area contributed by atoms with Gasteiger partial charge in [-0.15, -0.1) is 5.10 Å². The molecule has 0 amide bonds. The van der Waals surface area contributed by atoms with Crippen molar-refractivity contribution < 1.29 is 10.2 Å². The van der Waals surface area contributed by atoms with Gasteiger partial charge >= 0.3 is 0 Å². The average molecular weight is 407 g/mol. The zero-order chi connectivity index (χ0) is 19.4. The van der Waals surface area contributed by atoms with Crippen molar-refractivity contribution in [1.82, 2.24) is 15.0 Å². The number of aliphatic hydroxyl groups excluding tert-OH is 2. The number of nitrogens with one attached hydrogen (secondary N) is 1. The zero-order valence-electron chi connectivity index (χ0n) is 14.8. The van der Waals surface area contributed by atoms with Crippen molar-refractivity contribution >= 4 is 28.9 Å². The molecule has 27 heavy (non-hydrogen) atoms. The van der Waals surface area contributed by atoms with Gasteiger partial charge in [0.2, 0.25) is 0 Å². The van der Waals surface area contributed by atoms with Gasteiger partial charge in [0.1, 0.15) is 5.69 Å². The molecule has 6 nitrogen and oxygen atoms in total. The molecule has 0 atom stereocenters. The van der Waals surface area contributed by atoms with Crippen LogP contribution in [0.3, 0.4) is 0 Å². The smallest absolute Gasteiger partial charge is 0.105 e. The minimum Gasteiger partial charge on any atom is -0.392 e. The molecule has 142 valence electrons. The molecule has 0 radical (unpaired) electrons. The predicted octanol–water partition coefficient (Wildman–Crippen LogP) is 3.54. The topological polar surface area (TPSA) is 83.2 Å². The van der Waals surface area contributed by atoms with E-state index in [1.54, 1.807) is 16.8 Å². The van der Waals surface area contributed by atoms with Crippen LogP contribution in [0.4, 0.5) is 5.69 Å². The van der Waals surface area contributed by atoms with Gasteiger partial charge in [-0.25, -0.2) is 4.68 Å². The lowest BCUT2D eigenvalue weighted by Gasteiger charge is -2.10. The maximum Gasteiger partial charge on any atom is 0.105 e. The third kappa shape index (κ3) is 4.78. The highest BCUT2D eigenvalue weighted by atomic mass is 35.5. The van der Waals surface area contributed by atoms with Crippen LogP contribution in [0, 0.1) is 6.92 Å². The Morgan fingerprint density at radius 3 is 2.30 bits per heavy atom. The lowest BCUT2D eigenvalue weighted by Crippen LogP contribution is -2.06. The maximum atomic E-state index is 9.34. The number of rotatable bonds is 7. The van der Waals surface area contributed by atoms with Crippen molar-refractivity contribution in [2.45, 2.75) is 33.2 Å². The first-order valence-electron chi connectivity index (χ1n) is 8.41. The minimum atomic E-state index is -0.0820. The summed E-state index contributed by atoms with van der Waals surface area (Å²) in [6.07, 6.45) is 0. The number of benzene rings is 2. The summed E-state index contributed by atoms with van der Waals surface area (Å²) < 4.78 is 1.81. The molecule has 0 saturated heterocycles. The summed E-state index contributed by atoms with van der Waals surface area (Å²) in [7, 11) is 0. The Labute approximate surface area is 167 Å². The predicted molar refractivity (Wildman–Crippen MR) is 106 cm³/mol. The van der Waals surface area contributed by atoms with Crippen LogP contribution >= 0.6 is 23.2 Å². The first-order chi connectivity index (χ1) is 13.0. The van der Waals surface area contributed by atoms with Crippen LogP contribution in [0.1, 0.15) is 28.1 Å². The van der Waals surface area contributed by atoms with Crippen LogP contribution < -0.4 is 5.32 Å². The van der Waals surface area contributed by atoms with Gasteiger partial charge < -0.3 is 15.5 Å². The Hall–Kier alpha value is -2.12. The quantitative estimate of drug-likeness (QED) is 0.558. The van der Waals surface area contributed by atoms with Crippen molar-refractivity contribution in [2.75, 3.05) is 5.32 Å². The fourth-order valence-corrected chi connectivity index (χ4v) is 3.07. The molecule has 0 aliphatic carbocycles. The maximum absolute atomic E-state index is 9.34. The number of aliphatic hydroxyl groups is 2. The number of halogens is 2. The molecule has 2 aromatic carbocycles. The molecule has 3 rings (SSSR count). The second kappa shape index (κ2) is 8.71. The molecule has 8 heteroatoms. The number of hydrogen-bond donors (Lipinski definition) is 3. The number of aromatic nitrogens is 3. The summed E-state index contributed by atoms with van der Waals surface area (Å²) in [6.45, 7) is 2.82. The summed E-state index contributed by atoms with van der Waals surface area (Å²) in [5.41, 5.74) is 5.03. The van der Waals surface area contributed by atoms with Crippen molar-refractivity contribution in [3.05, 3.63) is 74.5 Å². The first kappa shape index (κ1) is 19.6. The SMILES string of the molecule is Cc1c(CNc2cc(CO)cc(CO)c2)nnn1Cc1ccc(Cl)c(Cl)c1. The molecule has 0 aliphatic rings. The standard InChI is InChI=1S/C19H20Cl2N4O2/c1-12-19(8-22-16-5-14(10-26)4-15(6-16)11-27)23-24-25(12)9-13-2-3-17(20)18(21)7-13/h2-7,22,26-27H,8-11H2,1H3. The van der Waals surface area contributed by atoms with E-state index in [1.807, 2.05) is 31.2 Å². The fourth-order valence-electron chi connectivity index (χ4n) is 2.75. The van der Waals surface area contributed by atoms with Gasteiger partial charge in [0.25, 0.3) is 0 Å². The molecule has 1 aromatic heterocycles. The summed E-state index contributed by atoms with van der Waals surface area (Å²) >= 11 is 12.0. The molecule has 0 spiro atoms. The number of anilines is 1. The van der Waals surface area contributed by atoms with Crippen molar-refractivity contribution in [1.29, 1.82) is 0 Å². The van der Waals surface area contributed by atoms with E-state index in [0.29, 0.717) is 23.1 Å². The molecule has 0 fully saturated rings. The van der Waals surface area contributed by atoms with E-state index in [2.05, 4.69) is 15.6 Å². The van der Waals surface area contributed by atoms with Crippen LogP contribution in [0.5, 0.6) is 0 Å². The normalized spacial score (nSPS) is 11.0. The molecule has 0 bridgehead atoms. The number of nitrogens with zero attached hydrogens (tertiary/aromatic N) is 3. The second-order valence-corrected chi connectivity index (χ2v) is 7.05. The monoisotopic (exact) mass is 406 g/mol. The molecule has 3 aromatic rings. The second-order valence-electron chi connectivity index (χ2n) is 6.24. The van der Waals surface area contributed by atoms with Crippen LogP contribution in [-0.2, 0) is 26.3 Å². The molecule has 0 saturated carbocycles. The Morgan fingerprint density at radius 2 is 1.67 bits per heavy atom. The van der Waals surface area contributed by atoms with Crippen LogP contribution in [-0.4, -0.2) is 25.2 Å². The third-order valence-electron chi connectivity index (χ3n) is 4.27. The summed E-state index contributed by atoms with van der Waals surface area (Å²) in [5.74, 6) is 0. The van der Waals surface area contributed by atoms with Gasteiger partial charge in [0.05, 0.1) is 42.0 Å². The van der Waals surface area contributed by atoms with Gasteiger partial charge in [0.15, 0.2) is 0 Å². The van der Waals surface area contributed by atoms with Crippen molar-refractivity contribution in [3.63, 3.8) is 0 Å². The van der Waals surface area contributed by atoms with Gasteiger partial charge in [-0.3, -0.25) is 0 Å². The van der Waals surface area contributed by atoms with E-state index in [9.17, 15) is 10.2 Å². The van der Waals surface area contributed by atoms with Crippen LogP contribution in [0.15, 0.2) is 36.4 Å². The van der Waals surface area contributed by atoms with E-state index in [1.165, 1.54) is 0 Å².